The number of halogens is 1. The number of carbonyl (C=O) groups excluding carboxylic acids is 2. The molecule has 258 valence electrons. The van der Waals surface area contributed by atoms with Gasteiger partial charge in [0.05, 0.1) is 27.8 Å². The number of aromatic amines is 2. The van der Waals surface area contributed by atoms with Gasteiger partial charge in [-0.25, -0.2) is 22.0 Å². The van der Waals surface area contributed by atoms with Gasteiger partial charge in [-0.3, -0.25) is 9.59 Å². The van der Waals surface area contributed by atoms with Crippen LogP contribution in [0.15, 0.2) is 83.0 Å². The SMILES string of the molecule is COC(=O)C1CCN(C(=O)C(CCn2cccc2C#N)NS(=O)(=O)c2cccc3[nH]cc(Cl)c23)CC1.NS(=O)(=O)c1cccc2[nH]ccc12. The Kier molecular flexibility index (Phi) is 10.8. The van der Waals surface area contributed by atoms with E-state index < -0.39 is 26.1 Å². The number of fused-ring (bicyclic) bond motifs is 2. The zero-order valence-electron chi connectivity index (χ0n) is 26.3. The predicted molar refractivity (Wildman–Crippen MR) is 182 cm³/mol. The molecule has 4 heterocycles. The summed E-state index contributed by atoms with van der Waals surface area (Å²) >= 11 is 6.25. The number of nitriles is 1. The predicted octanol–water partition coefficient (Wildman–Crippen LogP) is 3.46. The lowest BCUT2D eigenvalue weighted by molar-refractivity contribution is -0.149. The van der Waals surface area contributed by atoms with E-state index in [1.165, 1.54) is 25.4 Å². The molecule has 2 aromatic carbocycles. The number of carbonyl (C=O) groups is 2. The number of ether oxygens (including phenoxy) is 1. The Morgan fingerprint density at radius 2 is 1.73 bits per heavy atom. The Bertz CT molecular complexity index is 2250. The van der Waals surface area contributed by atoms with Crippen LogP contribution in [0.5, 0.6) is 0 Å². The van der Waals surface area contributed by atoms with E-state index in [1.54, 1.807) is 64.3 Å². The third-order valence-corrected chi connectivity index (χ3v) is 11.1. The first-order valence-corrected chi connectivity index (χ1v) is 18.5. The molecule has 1 amide bonds. The van der Waals surface area contributed by atoms with Gasteiger partial charge < -0.3 is 24.2 Å². The fraction of sp³-hybridized carbons (Fsp3) is 0.281. The van der Waals surface area contributed by atoms with Crippen LogP contribution in [0.2, 0.25) is 5.02 Å². The average molecular weight is 728 g/mol. The second-order valence-corrected chi connectivity index (χ2v) is 15.0. The van der Waals surface area contributed by atoms with E-state index >= 15 is 0 Å². The number of esters is 1. The molecule has 0 radical (unpaired) electrons. The van der Waals surface area contributed by atoms with Crippen LogP contribution < -0.4 is 9.86 Å². The zero-order chi connectivity index (χ0) is 35.3. The molecular weight excluding hydrogens is 694 g/mol. The summed E-state index contributed by atoms with van der Waals surface area (Å²) in [6.07, 6.45) is 5.89. The van der Waals surface area contributed by atoms with Gasteiger partial charge in [0.1, 0.15) is 17.8 Å². The summed E-state index contributed by atoms with van der Waals surface area (Å²) in [6.45, 7) is 0.870. The van der Waals surface area contributed by atoms with Crippen molar-refractivity contribution in [3.8, 4) is 6.07 Å². The molecule has 0 aliphatic carbocycles. The van der Waals surface area contributed by atoms with Crippen LogP contribution in [0, 0.1) is 17.2 Å². The molecule has 17 heteroatoms. The van der Waals surface area contributed by atoms with Crippen molar-refractivity contribution in [3.63, 3.8) is 0 Å². The third kappa shape index (κ3) is 7.98. The van der Waals surface area contributed by atoms with E-state index in [2.05, 4.69) is 20.8 Å². The first kappa shape index (κ1) is 35.6. The average Bonchev–Trinajstić information content (AvgIpc) is 3.85. The summed E-state index contributed by atoms with van der Waals surface area (Å²) in [4.78, 5) is 32.9. The zero-order valence-corrected chi connectivity index (χ0v) is 28.7. The molecule has 14 nitrogen and oxygen atoms in total. The number of sulfonamides is 2. The molecule has 6 rings (SSSR count). The molecule has 0 saturated carbocycles. The van der Waals surface area contributed by atoms with Crippen molar-refractivity contribution >= 4 is 65.3 Å². The number of nitrogens with one attached hydrogen (secondary N) is 3. The number of H-pyrrole nitrogens is 2. The maximum absolute atomic E-state index is 13.5. The number of amides is 1. The van der Waals surface area contributed by atoms with Crippen LogP contribution in [0.1, 0.15) is 25.0 Å². The summed E-state index contributed by atoms with van der Waals surface area (Å²) in [5, 5.41) is 15.6. The molecule has 1 aliphatic rings. The molecule has 0 spiro atoms. The Morgan fingerprint density at radius 1 is 1.04 bits per heavy atom. The summed E-state index contributed by atoms with van der Waals surface area (Å²) in [6, 6.07) is 15.7. The molecule has 5 aromatic rings. The molecule has 5 N–H and O–H groups in total. The number of aromatic nitrogens is 3. The topological polar surface area (TPSA) is 213 Å². The number of aryl methyl sites for hydroxylation is 1. The number of methoxy groups -OCH3 is 1. The lowest BCUT2D eigenvalue weighted by Crippen LogP contribution is -2.51. The standard InChI is InChI=1S/C24H26ClN5O5S.C8H8N2O2S/c1-35-24(32)16-7-11-30(12-8-16)23(31)20(9-13-29-10-3-4-17(29)14-26)28-36(33,34)21-6-2-5-19-22(21)18(25)15-27-19;9-13(11,12)8-3-1-2-7-6(8)4-5-10-7/h2-6,10,15-16,20,27-28H,7-9,11-13H2,1H3;1-5,10H,(H2,9,11,12). The minimum atomic E-state index is -4.15. The highest BCUT2D eigenvalue weighted by Crippen LogP contribution is 2.30. The van der Waals surface area contributed by atoms with E-state index in [-0.39, 0.29) is 45.6 Å². The maximum atomic E-state index is 13.5. The van der Waals surface area contributed by atoms with Crippen LogP contribution in [0.25, 0.3) is 21.8 Å². The molecule has 1 unspecified atom stereocenters. The molecule has 3 aromatic heterocycles. The molecule has 0 bridgehead atoms. The normalized spacial score (nSPS) is 14.6. The molecule has 1 fully saturated rings. The van der Waals surface area contributed by atoms with Gasteiger partial charge in [0, 0.05) is 60.0 Å². The lowest BCUT2D eigenvalue weighted by Gasteiger charge is -2.33. The molecule has 1 aliphatic heterocycles. The number of rotatable bonds is 9. The Balaban J connectivity index is 0.000000299. The van der Waals surface area contributed by atoms with E-state index in [9.17, 15) is 31.7 Å². The van der Waals surface area contributed by atoms with E-state index in [0.717, 1.165) is 5.52 Å². The van der Waals surface area contributed by atoms with Gasteiger partial charge in [-0.1, -0.05) is 23.7 Å². The van der Waals surface area contributed by atoms with Gasteiger partial charge >= 0.3 is 5.97 Å². The number of hydrogen-bond acceptors (Lipinski definition) is 8. The van der Waals surface area contributed by atoms with Crippen molar-refractivity contribution in [2.24, 2.45) is 11.1 Å². The smallest absolute Gasteiger partial charge is 0.308 e. The monoisotopic (exact) mass is 727 g/mol. The summed E-state index contributed by atoms with van der Waals surface area (Å²) in [7, 11) is -6.43. The van der Waals surface area contributed by atoms with Gasteiger partial charge in [-0.05, 0) is 61.7 Å². The first-order valence-electron chi connectivity index (χ1n) is 15.1. The number of benzene rings is 2. The summed E-state index contributed by atoms with van der Waals surface area (Å²) in [5.41, 5.74) is 1.74. The molecular formula is C32H34ClN7O7S2. The number of hydrogen-bond donors (Lipinski definition) is 4. The van der Waals surface area contributed by atoms with Gasteiger partial charge in [-0.15, -0.1) is 0 Å². The van der Waals surface area contributed by atoms with E-state index in [0.29, 0.717) is 47.9 Å². The Hall–Kier alpha value is -4.66. The molecule has 1 saturated heterocycles. The van der Waals surface area contributed by atoms with E-state index in [4.69, 9.17) is 21.5 Å². The number of nitrogens with zero attached hydrogens (tertiary/aromatic N) is 3. The van der Waals surface area contributed by atoms with Crippen LogP contribution in [0.4, 0.5) is 0 Å². The fourth-order valence-electron chi connectivity index (χ4n) is 5.82. The highest BCUT2D eigenvalue weighted by molar-refractivity contribution is 7.90. The maximum Gasteiger partial charge on any atom is 0.308 e. The van der Waals surface area contributed by atoms with Gasteiger partial charge in [0.2, 0.25) is 26.0 Å². The lowest BCUT2D eigenvalue weighted by atomic mass is 9.96. The van der Waals surface area contributed by atoms with Crippen molar-refractivity contribution in [1.29, 1.82) is 5.26 Å². The van der Waals surface area contributed by atoms with Crippen molar-refractivity contribution < 1.29 is 31.2 Å². The van der Waals surface area contributed by atoms with Crippen LogP contribution in [-0.4, -0.2) is 74.4 Å². The Labute approximate surface area is 287 Å². The molecule has 49 heavy (non-hydrogen) atoms. The summed E-state index contributed by atoms with van der Waals surface area (Å²) < 4.78 is 58.2. The largest absolute Gasteiger partial charge is 0.469 e. The van der Waals surface area contributed by atoms with Crippen molar-refractivity contribution in [1.82, 2.24) is 24.2 Å². The third-order valence-electron chi connectivity index (χ3n) is 8.31. The Morgan fingerprint density at radius 3 is 2.41 bits per heavy atom. The van der Waals surface area contributed by atoms with Crippen molar-refractivity contribution in [2.75, 3.05) is 20.2 Å². The van der Waals surface area contributed by atoms with Crippen molar-refractivity contribution in [2.45, 2.75) is 41.6 Å². The van der Waals surface area contributed by atoms with Gasteiger partial charge in [0.25, 0.3) is 0 Å². The van der Waals surface area contributed by atoms with Gasteiger partial charge in [-0.2, -0.15) is 9.98 Å². The molecule has 1 atom stereocenters. The van der Waals surface area contributed by atoms with Crippen LogP contribution >= 0.6 is 11.6 Å². The quantitative estimate of drug-likeness (QED) is 0.165. The highest BCUT2D eigenvalue weighted by Gasteiger charge is 2.34. The van der Waals surface area contributed by atoms with Crippen molar-refractivity contribution in [3.05, 3.63) is 83.9 Å². The number of piperidine rings is 1. The first-order chi connectivity index (χ1) is 23.3. The summed E-state index contributed by atoms with van der Waals surface area (Å²) in [5.74, 6) is -0.993. The minimum Gasteiger partial charge on any atom is -0.469 e. The second kappa shape index (κ2) is 14.8. The fourth-order valence-corrected chi connectivity index (χ4v) is 8.36. The highest BCUT2D eigenvalue weighted by atomic mass is 35.5. The number of likely N-dealkylation sites (tertiary alicyclic amines) is 1. The van der Waals surface area contributed by atoms with Crippen LogP contribution in [-0.2, 0) is 40.9 Å². The number of primary sulfonamides is 1. The van der Waals surface area contributed by atoms with Gasteiger partial charge in [0.15, 0.2) is 0 Å². The second-order valence-electron chi connectivity index (χ2n) is 11.3. The van der Waals surface area contributed by atoms with Crippen LogP contribution in [0.3, 0.4) is 0 Å². The van der Waals surface area contributed by atoms with E-state index in [1.807, 2.05) is 0 Å². The minimum absolute atomic E-state index is 0.0351. The number of nitrogens with two attached hydrogens (primary N) is 1.